The number of nitrogens with two attached hydrogens (primary N) is 1. The van der Waals surface area contributed by atoms with Crippen molar-refractivity contribution in [2.45, 2.75) is 36.6 Å². The van der Waals surface area contributed by atoms with Crippen LogP contribution < -0.4 is 5.73 Å². The molecule has 1 heterocycles. The van der Waals surface area contributed by atoms with E-state index in [1.54, 1.807) is 0 Å². The molecule has 0 radical (unpaired) electrons. The fourth-order valence-corrected chi connectivity index (χ4v) is 3.59. The number of hydrogen-bond donors (Lipinski definition) is 1. The lowest BCUT2D eigenvalue weighted by molar-refractivity contribution is 0.210. The first-order valence-electron chi connectivity index (χ1n) is 5.51. The standard InChI is InChI=1S/C10H19ClN2S/c11-9-3-1-8(2-4-9)7-13-5-6-14-10(13)12/h8-10H,1-7,12H2. The van der Waals surface area contributed by atoms with Gasteiger partial charge in [0, 0.05) is 24.2 Å². The van der Waals surface area contributed by atoms with Gasteiger partial charge >= 0.3 is 0 Å². The van der Waals surface area contributed by atoms with E-state index in [2.05, 4.69) is 4.90 Å². The van der Waals surface area contributed by atoms with Crippen LogP contribution >= 0.6 is 23.4 Å². The van der Waals surface area contributed by atoms with Crippen LogP contribution in [-0.2, 0) is 0 Å². The fourth-order valence-electron chi connectivity index (χ4n) is 2.35. The zero-order valence-electron chi connectivity index (χ0n) is 8.49. The van der Waals surface area contributed by atoms with Crippen molar-refractivity contribution in [3.8, 4) is 0 Å². The van der Waals surface area contributed by atoms with Crippen LogP contribution in [0.5, 0.6) is 0 Å². The van der Waals surface area contributed by atoms with Crippen LogP contribution in [0.2, 0.25) is 0 Å². The van der Waals surface area contributed by atoms with Crippen molar-refractivity contribution in [3.05, 3.63) is 0 Å². The van der Waals surface area contributed by atoms with Gasteiger partial charge in [-0.3, -0.25) is 4.90 Å². The average molecular weight is 235 g/mol. The van der Waals surface area contributed by atoms with Crippen molar-refractivity contribution in [1.82, 2.24) is 4.90 Å². The number of rotatable bonds is 2. The van der Waals surface area contributed by atoms with Gasteiger partial charge in [-0.1, -0.05) is 0 Å². The maximum Gasteiger partial charge on any atom is 0.105 e. The van der Waals surface area contributed by atoms with E-state index < -0.39 is 0 Å². The molecule has 1 aliphatic heterocycles. The molecule has 2 aliphatic rings. The highest BCUT2D eigenvalue weighted by Gasteiger charge is 2.26. The second-order valence-electron chi connectivity index (χ2n) is 4.37. The Morgan fingerprint density at radius 2 is 2.00 bits per heavy atom. The summed E-state index contributed by atoms with van der Waals surface area (Å²) in [6.07, 6.45) is 4.98. The zero-order chi connectivity index (χ0) is 9.97. The van der Waals surface area contributed by atoms with Crippen LogP contribution in [0.4, 0.5) is 0 Å². The van der Waals surface area contributed by atoms with E-state index in [1.807, 2.05) is 11.8 Å². The van der Waals surface area contributed by atoms with Crippen molar-refractivity contribution in [1.29, 1.82) is 0 Å². The first kappa shape index (κ1) is 11.1. The van der Waals surface area contributed by atoms with Gasteiger partial charge in [0.1, 0.15) is 5.50 Å². The number of nitrogens with zero attached hydrogens (tertiary/aromatic N) is 1. The molecule has 4 heteroatoms. The van der Waals surface area contributed by atoms with Gasteiger partial charge in [-0.15, -0.1) is 23.4 Å². The lowest BCUT2D eigenvalue weighted by Gasteiger charge is -2.30. The molecule has 0 amide bonds. The summed E-state index contributed by atoms with van der Waals surface area (Å²) in [5, 5.41) is 0.438. The maximum atomic E-state index is 6.08. The van der Waals surface area contributed by atoms with E-state index in [0.717, 1.165) is 5.92 Å². The van der Waals surface area contributed by atoms with Crippen molar-refractivity contribution in [2.75, 3.05) is 18.8 Å². The molecule has 14 heavy (non-hydrogen) atoms. The van der Waals surface area contributed by atoms with Gasteiger partial charge in [0.05, 0.1) is 0 Å². The molecule has 2 rings (SSSR count). The predicted octanol–water partition coefficient (Wildman–Crippen LogP) is 2.08. The van der Waals surface area contributed by atoms with Gasteiger partial charge in [0.25, 0.3) is 0 Å². The first-order chi connectivity index (χ1) is 6.75. The third-order valence-corrected chi connectivity index (χ3v) is 4.79. The predicted molar refractivity (Wildman–Crippen MR) is 63.6 cm³/mol. The van der Waals surface area contributed by atoms with Crippen LogP contribution in [0.25, 0.3) is 0 Å². The van der Waals surface area contributed by atoms with E-state index in [0.29, 0.717) is 5.38 Å². The van der Waals surface area contributed by atoms with E-state index >= 15 is 0 Å². The molecule has 1 saturated heterocycles. The summed E-state index contributed by atoms with van der Waals surface area (Å²) in [5.41, 5.74) is 6.24. The summed E-state index contributed by atoms with van der Waals surface area (Å²) < 4.78 is 0. The molecule has 0 aromatic heterocycles. The third-order valence-electron chi connectivity index (χ3n) is 3.30. The molecule has 0 aromatic carbocycles. The summed E-state index contributed by atoms with van der Waals surface area (Å²) in [7, 11) is 0. The van der Waals surface area contributed by atoms with E-state index in [9.17, 15) is 0 Å². The Morgan fingerprint density at radius 1 is 1.29 bits per heavy atom. The van der Waals surface area contributed by atoms with Crippen LogP contribution in [0, 0.1) is 5.92 Å². The molecule has 0 bridgehead atoms. The molecule has 2 fully saturated rings. The summed E-state index contributed by atoms with van der Waals surface area (Å²) in [6, 6.07) is 0. The Hall–Kier alpha value is 0.560. The minimum Gasteiger partial charge on any atom is -0.307 e. The molecule has 1 aliphatic carbocycles. The number of halogens is 1. The largest absolute Gasteiger partial charge is 0.307 e. The zero-order valence-corrected chi connectivity index (χ0v) is 10.1. The van der Waals surface area contributed by atoms with Crippen LogP contribution in [0.1, 0.15) is 25.7 Å². The maximum absolute atomic E-state index is 6.08. The minimum absolute atomic E-state index is 0.253. The Balaban J connectivity index is 1.74. The minimum atomic E-state index is 0.253. The number of hydrogen-bond acceptors (Lipinski definition) is 3. The molecule has 0 spiro atoms. The second-order valence-corrected chi connectivity index (χ2v) is 6.22. The van der Waals surface area contributed by atoms with Crippen molar-refractivity contribution >= 4 is 23.4 Å². The van der Waals surface area contributed by atoms with Gasteiger partial charge in [-0.05, 0) is 31.6 Å². The summed E-state index contributed by atoms with van der Waals surface area (Å²) in [5.74, 6) is 2.04. The van der Waals surface area contributed by atoms with Crippen molar-refractivity contribution in [3.63, 3.8) is 0 Å². The normalized spacial score (nSPS) is 40.3. The van der Waals surface area contributed by atoms with E-state index in [1.165, 1.54) is 44.5 Å². The Bertz CT molecular complexity index is 183. The summed E-state index contributed by atoms with van der Waals surface area (Å²) >= 11 is 7.96. The highest BCUT2D eigenvalue weighted by Crippen LogP contribution is 2.30. The topological polar surface area (TPSA) is 29.3 Å². The molecular weight excluding hydrogens is 216 g/mol. The molecule has 1 saturated carbocycles. The Labute approximate surface area is 95.5 Å². The Kier molecular flexibility index (Phi) is 4.00. The van der Waals surface area contributed by atoms with Crippen LogP contribution in [0.3, 0.4) is 0 Å². The number of thioether (sulfide) groups is 1. The average Bonchev–Trinajstić information content (AvgIpc) is 2.56. The van der Waals surface area contributed by atoms with Crippen LogP contribution in [-0.4, -0.2) is 34.6 Å². The molecule has 1 atom stereocenters. The quantitative estimate of drug-likeness (QED) is 0.742. The van der Waals surface area contributed by atoms with Crippen molar-refractivity contribution < 1.29 is 0 Å². The van der Waals surface area contributed by atoms with E-state index in [4.69, 9.17) is 17.3 Å². The number of alkyl halides is 1. The first-order valence-corrected chi connectivity index (χ1v) is 6.99. The fraction of sp³-hybridized carbons (Fsp3) is 1.00. The molecule has 2 N–H and O–H groups in total. The van der Waals surface area contributed by atoms with Crippen LogP contribution in [0.15, 0.2) is 0 Å². The molecule has 2 nitrogen and oxygen atoms in total. The second kappa shape index (κ2) is 5.06. The lowest BCUT2D eigenvalue weighted by Crippen LogP contribution is -2.39. The van der Waals surface area contributed by atoms with Gasteiger partial charge in [0.15, 0.2) is 0 Å². The Morgan fingerprint density at radius 3 is 2.57 bits per heavy atom. The molecular formula is C10H19ClN2S. The third kappa shape index (κ3) is 2.78. The van der Waals surface area contributed by atoms with Gasteiger partial charge in [-0.2, -0.15) is 0 Å². The van der Waals surface area contributed by atoms with Gasteiger partial charge in [-0.25, -0.2) is 0 Å². The van der Waals surface area contributed by atoms with Gasteiger partial charge in [0.2, 0.25) is 0 Å². The molecule has 0 aromatic rings. The summed E-state index contributed by atoms with van der Waals surface area (Å²) in [6.45, 7) is 2.37. The van der Waals surface area contributed by atoms with Gasteiger partial charge < -0.3 is 5.73 Å². The lowest BCUT2D eigenvalue weighted by atomic mass is 9.88. The smallest absolute Gasteiger partial charge is 0.105 e. The monoisotopic (exact) mass is 234 g/mol. The van der Waals surface area contributed by atoms with Crippen molar-refractivity contribution in [2.24, 2.45) is 11.7 Å². The molecule has 82 valence electrons. The SMILES string of the molecule is NC1SCCN1CC1CCC(Cl)CC1. The highest BCUT2D eigenvalue weighted by molar-refractivity contribution is 8.00. The highest BCUT2D eigenvalue weighted by atomic mass is 35.5. The molecule has 1 unspecified atom stereocenters. The summed E-state index contributed by atoms with van der Waals surface area (Å²) in [4.78, 5) is 2.42. The van der Waals surface area contributed by atoms with E-state index in [-0.39, 0.29) is 5.50 Å².